The Morgan fingerprint density at radius 2 is 2.05 bits per heavy atom. The molecule has 3 aliphatic carbocycles. The summed E-state index contributed by atoms with van der Waals surface area (Å²) >= 11 is 17.2. The van der Waals surface area contributed by atoms with Gasteiger partial charge in [0.25, 0.3) is 0 Å². The number of amides is 1. The second-order valence-corrected chi connectivity index (χ2v) is 11.2. The van der Waals surface area contributed by atoms with Crippen LogP contribution in [0.2, 0.25) is 5.02 Å². The summed E-state index contributed by atoms with van der Waals surface area (Å²) in [5.41, 5.74) is 0.295. The number of hydrogen-bond acceptors (Lipinski definition) is 1. The molecule has 2 bridgehead atoms. The van der Waals surface area contributed by atoms with Crippen molar-refractivity contribution in [3.05, 3.63) is 29.3 Å². The Morgan fingerprint density at radius 1 is 1.36 bits per heavy atom. The minimum atomic E-state index is -0.394. The Labute approximate surface area is 161 Å². The molecule has 4 rings (SSSR count). The quantitative estimate of drug-likeness (QED) is 0.496. The molecular formula is C16H17Br3ClNO. The van der Waals surface area contributed by atoms with E-state index < -0.39 is 5.41 Å². The Balaban J connectivity index is 1.91. The predicted molar refractivity (Wildman–Crippen MR) is 102 cm³/mol. The van der Waals surface area contributed by atoms with Crippen LogP contribution < -0.4 is 5.32 Å². The van der Waals surface area contributed by atoms with Crippen molar-refractivity contribution < 1.29 is 4.79 Å². The normalized spacial score (nSPS) is 35.3. The van der Waals surface area contributed by atoms with Gasteiger partial charge in [0.05, 0.1) is 9.15 Å². The molecule has 6 heteroatoms. The average Bonchev–Trinajstić information content (AvgIpc) is 2.88. The van der Waals surface area contributed by atoms with E-state index in [0.717, 1.165) is 18.5 Å². The average molecular weight is 514 g/mol. The van der Waals surface area contributed by atoms with E-state index in [1.807, 2.05) is 12.1 Å². The SMILES string of the molecule is CC1(C)[C@]2(C(Br)Br)CC[C@@]1(C(=O)Nc1cccc(Cl)c1)[C@@H]2Br. The fourth-order valence-corrected chi connectivity index (χ4v) is 9.61. The highest BCUT2D eigenvalue weighted by Crippen LogP contribution is 2.82. The summed E-state index contributed by atoms with van der Waals surface area (Å²) in [6.45, 7) is 4.40. The van der Waals surface area contributed by atoms with Gasteiger partial charge in [0.1, 0.15) is 0 Å². The highest BCUT2D eigenvalue weighted by molar-refractivity contribution is 9.24. The smallest absolute Gasteiger partial charge is 0.232 e. The maximum atomic E-state index is 13.1. The number of benzene rings is 1. The summed E-state index contributed by atoms with van der Waals surface area (Å²) in [5, 5.41) is 3.69. The number of rotatable bonds is 3. The highest BCUT2D eigenvalue weighted by Gasteiger charge is 2.83. The number of carbonyl (C=O) groups is 1. The van der Waals surface area contributed by atoms with Gasteiger partial charge in [-0.15, -0.1) is 0 Å². The summed E-state index contributed by atoms with van der Waals surface area (Å²) in [6, 6.07) is 7.30. The summed E-state index contributed by atoms with van der Waals surface area (Å²) in [4.78, 5) is 13.2. The summed E-state index contributed by atoms with van der Waals surface area (Å²) in [5.74, 6) is 0.0791. The first-order valence-electron chi connectivity index (χ1n) is 7.19. The van der Waals surface area contributed by atoms with E-state index in [9.17, 15) is 4.79 Å². The third-order valence-electron chi connectivity index (χ3n) is 5.97. The maximum absolute atomic E-state index is 13.1. The molecule has 0 radical (unpaired) electrons. The fourth-order valence-electron chi connectivity index (χ4n) is 4.51. The third kappa shape index (κ3) is 1.91. The van der Waals surface area contributed by atoms with Gasteiger partial charge < -0.3 is 5.32 Å². The lowest BCUT2D eigenvalue weighted by atomic mass is 9.43. The van der Waals surface area contributed by atoms with Gasteiger partial charge in [0, 0.05) is 21.0 Å². The van der Waals surface area contributed by atoms with Crippen molar-refractivity contribution in [3.8, 4) is 0 Å². The number of fused-ring (bicyclic) bond motifs is 1. The van der Waals surface area contributed by atoms with Crippen molar-refractivity contribution in [2.75, 3.05) is 5.32 Å². The van der Waals surface area contributed by atoms with Crippen LogP contribution in [0.25, 0.3) is 0 Å². The molecule has 0 aliphatic heterocycles. The maximum Gasteiger partial charge on any atom is 0.232 e. The van der Waals surface area contributed by atoms with Gasteiger partial charge in [0.15, 0.2) is 0 Å². The molecule has 0 spiro atoms. The Hall–Kier alpha value is 0.420. The number of alkyl halides is 3. The summed E-state index contributed by atoms with van der Waals surface area (Å²) in [7, 11) is 0. The number of hydrogen-bond donors (Lipinski definition) is 1. The van der Waals surface area contributed by atoms with Crippen molar-refractivity contribution >= 4 is 71.0 Å². The number of anilines is 1. The zero-order valence-corrected chi connectivity index (χ0v) is 17.8. The monoisotopic (exact) mass is 511 g/mol. The summed E-state index contributed by atoms with van der Waals surface area (Å²) < 4.78 is 0.182. The Morgan fingerprint density at radius 3 is 2.55 bits per heavy atom. The molecule has 3 atom stereocenters. The molecule has 3 fully saturated rings. The first-order chi connectivity index (χ1) is 10.2. The van der Waals surface area contributed by atoms with Gasteiger partial charge in [-0.3, -0.25) is 4.79 Å². The van der Waals surface area contributed by atoms with Crippen LogP contribution in [0.15, 0.2) is 24.3 Å². The minimum absolute atomic E-state index is 0.0404. The third-order valence-corrected chi connectivity index (χ3v) is 9.44. The van der Waals surface area contributed by atoms with Crippen LogP contribution >= 0.6 is 59.4 Å². The van der Waals surface area contributed by atoms with Crippen molar-refractivity contribution in [2.24, 2.45) is 16.2 Å². The number of carbonyl (C=O) groups excluding carboxylic acids is 1. The van der Waals surface area contributed by atoms with Crippen LogP contribution in [0.4, 0.5) is 5.69 Å². The standard InChI is InChI=1S/C16H17Br3ClNO/c1-14(2)15(12(18)19)6-7-16(14,11(15)17)13(22)21-10-5-3-4-9(20)8-10/h3-5,8,11-12H,6-7H2,1-2H3,(H,21,22)/t11-,15-,16+/m1/s1. The van der Waals surface area contributed by atoms with Gasteiger partial charge in [-0.05, 0) is 36.5 Å². The van der Waals surface area contributed by atoms with Crippen LogP contribution in [-0.2, 0) is 4.79 Å². The molecule has 0 heterocycles. The first kappa shape index (κ1) is 17.2. The van der Waals surface area contributed by atoms with E-state index in [4.69, 9.17) is 11.6 Å². The molecule has 0 unspecified atom stereocenters. The van der Waals surface area contributed by atoms with Crippen LogP contribution in [0, 0.1) is 16.2 Å². The van der Waals surface area contributed by atoms with Gasteiger partial charge in [-0.1, -0.05) is 79.3 Å². The molecule has 3 saturated carbocycles. The van der Waals surface area contributed by atoms with E-state index in [2.05, 4.69) is 67.0 Å². The van der Waals surface area contributed by atoms with E-state index in [1.54, 1.807) is 12.1 Å². The Bertz CT molecular complexity index is 636. The van der Waals surface area contributed by atoms with Crippen LogP contribution in [0.1, 0.15) is 26.7 Å². The Kier molecular flexibility index (Phi) is 4.29. The number of nitrogens with one attached hydrogen (secondary N) is 1. The van der Waals surface area contributed by atoms with Crippen LogP contribution in [0.5, 0.6) is 0 Å². The lowest BCUT2D eigenvalue weighted by Crippen LogP contribution is -2.71. The van der Waals surface area contributed by atoms with Crippen molar-refractivity contribution in [1.29, 1.82) is 0 Å². The molecule has 0 aromatic heterocycles. The van der Waals surface area contributed by atoms with Gasteiger partial charge in [0.2, 0.25) is 5.91 Å². The lowest BCUT2D eigenvalue weighted by molar-refractivity contribution is -0.155. The molecule has 1 aromatic carbocycles. The molecule has 22 heavy (non-hydrogen) atoms. The lowest BCUT2D eigenvalue weighted by Gasteiger charge is -2.66. The summed E-state index contributed by atoms with van der Waals surface area (Å²) in [6.07, 6.45) is 1.90. The van der Waals surface area contributed by atoms with Crippen molar-refractivity contribution in [3.63, 3.8) is 0 Å². The van der Waals surface area contributed by atoms with E-state index >= 15 is 0 Å². The zero-order valence-electron chi connectivity index (χ0n) is 12.3. The molecule has 1 amide bonds. The number of halogens is 4. The molecule has 0 saturated heterocycles. The molecular weight excluding hydrogens is 497 g/mol. The van der Waals surface area contributed by atoms with Gasteiger partial charge in [-0.2, -0.15) is 0 Å². The van der Waals surface area contributed by atoms with Crippen LogP contribution in [0.3, 0.4) is 0 Å². The minimum Gasteiger partial charge on any atom is -0.326 e. The van der Waals surface area contributed by atoms with E-state index in [-0.39, 0.29) is 25.3 Å². The topological polar surface area (TPSA) is 29.1 Å². The molecule has 2 nitrogen and oxygen atoms in total. The first-order valence-corrected chi connectivity index (χ1v) is 10.3. The molecule has 1 aromatic rings. The molecule has 120 valence electrons. The van der Waals surface area contributed by atoms with E-state index in [1.165, 1.54) is 0 Å². The predicted octanol–water partition coefficient (Wildman–Crippen LogP) is 5.96. The van der Waals surface area contributed by atoms with Crippen molar-refractivity contribution in [2.45, 2.75) is 35.3 Å². The largest absolute Gasteiger partial charge is 0.326 e. The molecule has 1 N–H and O–H groups in total. The molecule has 3 aliphatic rings. The van der Waals surface area contributed by atoms with Gasteiger partial charge >= 0.3 is 0 Å². The van der Waals surface area contributed by atoms with Gasteiger partial charge in [-0.25, -0.2) is 0 Å². The highest BCUT2D eigenvalue weighted by atomic mass is 79.9. The second-order valence-electron chi connectivity index (χ2n) is 6.76. The second kappa shape index (κ2) is 5.47. The van der Waals surface area contributed by atoms with E-state index in [0.29, 0.717) is 5.02 Å². The fraction of sp³-hybridized carbons (Fsp3) is 0.562. The zero-order chi connectivity index (χ0) is 16.3. The van der Waals surface area contributed by atoms with Crippen molar-refractivity contribution in [1.82, 2.24) is 0 Å². The van der Waals surface area contributed by atoms with Crippen LogP contribution in [-0.4, -0.2) is 14.5 Å².